The smallest absolute Gasteiger partial charge is 0.0973 e. The van der Waals surface area contributed by atoms with Crippen LogP contribution in [0.3, 0.4) is 0 Å². The molecule has 0 atom stereocenters. The van der Waals surface area contributed by atoms with Gasteiger partial charge in [0, 0.05) is 23.5 Å². The van der Waals surface area contributed by atoms with E-state index in [0.29, 0.717) is 0 Å². The van der Waals surface area contributed by atoms with Gasteiger partial charge >= 0.3 is 0 Å². The second-order valence-corrected chi connectivity index (χ2v) is 7.78. The Kier molecular flexibility index (Phi) is 4.43. The lowest BCUT2D eigenvalue weighted by molar-refractivity contribution is 1.29. The number of rotatable bonds is 3. The van der Waals surface area contributed by atoms with Crippen molar-refractivity contribution in [1.29, 1.82) is 0 Å². The summed E-state index contributed by atoms with van der Waals surface area (Å²) in [5.74, 6) is 0. The van der Waals surface area contributed by atoms with Gasteiger partial charge < -0.3 is 0 Å². The molecule has 0 aliphatic heterocycles. The first-order valence-electron chi connectivity index (χ1n) is 10.6. The molecule has 4 aromatic carbocycles. The summed E-state index contributed by atoms with van der Waals surface area (Å²) in [6.07, 6.45) is 3.63. The molecule has 3 heteroatoms. The van der Waals surface area contributed by atoms with Crippen molar-refractivity contribution < 1.29 is 0 Å². The zero-order chi connectivity index (χ0) is 21.3. The zero-order valence-corrected chi connectivity index (χ0v) is 17.3. The Morgan fingerprint density at radius 1 is 0.406 bits per heavy atom. The fourth-order valence-electron chi connectivity index (χ4n) is 4.10. The molecule has 3 nitrogen and oxygen atoms in total. The van der Waals surface area contributed by atoms with Crippen molar-refractivity contribution in [3.8, 4) is 33.6 Å². The third-order valence-corrected chi connectivity index (χ3v) is 5.77. The molecule has 0 unspecified atom stereocenters. The monoisotopic (exact) mass is 409 g/mol. The minimum absolute atomic E-state index is 0.889. The highest BCUT2D eigenvalue weighted by Crippen LogP contribution is 2.33. The van der Waals surface area contributed by atoms with Gasteiger partial charge in [-0.3, -0.25) is 4.98 Å². The van der Waals surface area contributed by atoms with Crippen LogP contribution >= 0.6 is 0 Å². The summed E-state index contributed by atoms with van der Waals surface area (Å²) < 4.78 is 0. The summed E-state index contributed by atoms with van der Waals surface area (Å²) in [6, 6.07) is 35.5. The molecule has 0 fully saturated rings. The molecule has 2 aromatic heterocycles. The van der Waals surface area contributed by atoms with E-state index in [1.165, 1.54) is 10.8 Å². The van der Waals surface area contributed by atoms with E-state index < -0.39 is 0 Å². The van der Waals surface area contributed by atoms with Crippen LogP contribution in [0, 0.1) is 0 Å². The van der Waals surface area contributed by atoms with E-state index in [0.717, 1.165) is 44.7 Å². The van der Waals surface area contributed by atoms with Gasteiger partial charge in [0.2, 0.25) is 0 Å². The highest BCUT2D eigenvalue weighted by Gasteiger charge is 2.14. The Morgan fingerprint density at radius 2 is 0.938 bits per heavy atom. The molecule has 0 amide bonds. The first kappa shape index (κ1) is 18.4. The molecule has 0 spiro atoms. The summed E-state index contributed by atoms with van der Waals surface area (Å²) in [7, 11) is 0. The second kappa shape index (κ2) is 7.71. The van der Waals surface area contributed by atoms with Gasteiger partial charge in [0.05, 0.1) is 22.4 Å². The van der Waals surface area contributed by atoms with Gasteiger partial charge in [-0.25, -0.2) is 9.97 Å². The number of aromatic nitrogens is 3. The first-order valence-corrected chi connectivity index (χ1v) is 10.6. The highest BCUT2D eigenvalue weighted by atomic mass is 14.8. The molecule has 32 heavy (non-hydrogen) atoms. The Bertz CT molecular complexity index is 1560. The fourth-order valence-corrected chi connectivity index (χ4v) is 4.10. The van der Waals surface area contributed by atoms with Gasteiger partial charge in [0.1, 0.15) is 0 Å². The van der Waals surface area contributed by atoms with Gasteiger partial charge in [-0.2, -0.15) is 0 Å². The highest BCUT2D eigenvalue weighted by molar-refractivity contribution is 5.91. The van der Waals surface area contributed by atoms with E-state index in [1.807, 2.05) is 48.8 Å². The van der Waals surface area contributed by atoms with Crippen LogP contribution in [-0.2, 0) is 0 Å². The van der Waals surface area contributed by atoms with E-state index in [4.69, 9.17) is 9.97 Å². The molecule has 0 saturated carbocycles. The number of fused-ring (bicyclic) bond motifs is 2. The minimum Gasteiger partial charge on any atom is -0.265 e. The lowest BCUT2D eigenvalue weighted by Gasteiger charge is -2.12. The van der Waals surface area contributed by atoms with E-state index >= 15 is 0 Å². The normalized spacial score (nSPS) is 11.1. The molecular formula is C29H19N3. The van der Waals surface area contributed by atoms with Crippen LogP contribution < -0.4 is 0 Å². The lowest BCUT2D eigenvalue weighted by atomic mass is 9.99. The van der Waals surface area contributed by atoms with E-state index in [-0.39, 0.29) is 0 Å². The molecule has 0 saturated heterocycles. The van der Waals surface area contributed by atoms with Gasteiger partial charge in [-0.05, 0) is 52.2 Å². The van der Waals surface area contributed by atoms with Crippen LogP contribution in [-0.4, -0.2) is 15.0 Å². The van der Waals surface area contributed by atoms with Crippen molar-refractivity contribution in [3.63, 3.8) is 0 Å². The van der Waals surface area contributed by atoms with Crippen LogP contribution in [0.2, 0.25) is 0 Å². The first-order chi connectivity index (χ1) is 15.8. The van der Waals surface area contributed by atoms with E-state index in [9.17, 15) is 0 Å². The maximum absolute atomic E-state index is 5.04. The number of hydrogen-bond acceptors (Lipinski definition) is 3. The average Bonchev–Trinajstić information content (AvgIpc) is 2.88. The van der Waals surface area contributed by atoms with Crippen molar-refractivity contribution in [3.05, 3.63) is 116 Å². The Balaban J connectivity index is 1.53. The van der Waals surface area contributed by atoms with Crippen LogP contribution in [0.5, 0.6) is 0 Å². The van der Waals surface area contributed by atoms with Crippen LogP contribution in [0.25, 0.3) is 55.4 Å². The van der Waals surface area contributed by atoms with Gasteiger partial charge in [-0.15, -0.1) is 0 Å². The Morgan fingerprint density at radius 3 is 1.66 bits per heavy atom. The summed E-state index contributed by atoms with van der Waals surface area (Å²) in [6.45, 7) is 0. The fraction of sp³-hybridized carbons (Fsp3) is 0. The maximum Gasteiger partial charge on any atom is 0.0973 e. The SMILES string of the molecule is c1ccc2cc(-c3nc4ccccc4nc3-c3ccc(-c4ccncc4)cc3)ccc2c1. The van der Waals surface area contributed by atoms with Crippen molar-refractivity contribution in [1.82, 2.24) is 15.0 Å². The molecule has 150 valence electrons. The third kappa shape index (κ3) is 3.30. The molecule has 0 aliphatic rings. The number of benzene rings is 4. The van der Waals surface area contributed by atoms with Crippen molar-refractivity contribution in [2.24, 2.45) is 0 Å². The van der Waals surface area contributed by atoms with Crippen LogP contribution in [0.15, 0.2) is 116 Å². The summed E-state index contributed by atoms with van der Waals surface area (Å²) >= 11 is 0. The van der Waals surface area contributed by atoms with Crippen molar-refractivity contribution in [2.75, 3.05) is 0 Å². The average molecular weight is 409 g/mol. The molecule has 0 bridgehead atoms. The van der Waals surface area contributed by atoms with Gasteiger partial charge in [0.15, 0.2) is 0 Å². The number of pyridine rings is 1. The topological polar surface area (TPSA) is 38.7 Å². The molecule has 2 heterocycles. The Labute approximate surface area is 186 Å². The quantitative estimate of drug-likeness (QED) is 0.311. The molecule has 0 radical (unpaired) electrons. The van der Waals surface area contributed by atoms with Crippen LogP contribution in [0.4, 0.5) is 0 Å². The number of para-hydroxylation sites is 2. The predicted octanol–water partition coefficient (Wildman–Crippen LogP) is 7.18. The standard InChI is InChI=1S/C29H19N3/c1-2-6-24-19-25(14-11-20(24)5-1)29-28(31-26-7-3-4-8-27(26)32-29)23-12-9-21(10-13-23)22-15-17-30-18-16-22/h1-19H. The molecular weight excluding hydrogens is 390 g/mol. The van der Waals surface area contributed by atoms with Crippen LogP contribution in [0.1, 0.15) is 0 Å². The van der Waals surface area contributed by atoms with E-state index in [1.54, 1.807) is 0 Å². The maximum atomic E-state index is 5.04. The van der Waals surface area contributed by atoms with E-state index in [2.05, 4.69) is 71.7 Å². The van der Waals surface area contributed by atoms with Gasteiger partial charge in [-0.1, -0.05) is 72.8 Å². The summed E-state index contributed by atoms with van der Waals surface area (Å²) in [4.78, 5) is 14.2. The summed E-state index contributed by atoms with van der Waals surface area (Å²) in [5, 5.41) is 2.41. The van der Waals surface area contributed by atoms with Gasteiger partial charge in [0.25, 0.3) is 0 Å². The lowest BCUT2D eigenvalue weighted by Crippen LogP contribution is -1.95. The molecule has 6 aromatic rings. The Hall–Kier alpha value is -4.37. The number of hydrogen-bond donors (Lipinski definition) is 0. The molecule has 0 aliphatic carbocycles. The number of nitrogens with zero attached hydrogens (tertiary/aromatic N) is 3. The molecule has 0 N–H and O–H groups in total. The third-order valence-electron chi connectivity index (χ3n) is 5.77. The minimum atomic E-state index is 0.889. The van der Waals surface area contributed by atoms with Crippen molar-refractivity contribution in [2.45, 2.75) is 0 Å². The second-order valence-electron chi connectivity index (χ2n) is 7.78. The van der Waals surface area contributed by atoms with Crippen molar-refractivity contribution >= 4 is 21.8 Å². The zero-order valence-electron chi connectivity index (χ0n) is 17.3. The predicted molar refractivity (Wildman–Crippen MR) is 131 cm³/mol. The largest absolute Gasteiger partial charge is 0.265 e. The summed E-state index contributed by atoms with van der Waals surface area (Å²) in [5.41, 5.74) is 7.98. The molecule has 6 rings (SSSR count).